The Balaban J connectivity index is -0.0000000964. The first-order chi connectivity index (χ1) is 23.6. The summed E-state index contributed by atoms with van der Waals surface area (Å²) < 4.78 is 0. The fraction of sp³-hybridized carbons (Fsp3) is 0.875. The molecular weight excluding hydrogens is 710 g/mol. The third-order valence-corrected chi connectivity index (χ3v) is 8.66. The monoisotopic (exact) mass is 785 g/mol. The normalized spacial score (nSPS) is 12.5. The summed E-state index contributed by atoms with van der Waals surface area (Å²) in [7, 11) is 0. The summed E-state index contributed by atoms with van der Waals surface area (Å²) in [5.41, 5.74) is 0. The van der Waals surface area contributed by atoms with E-state index in [0.29, 0.717) is 32.1 Å². The number of carboxylic acids is 5. The second kappa shape index (κ2) is 48.9. The van der Waals surface area contributed by atoms with Crippen LogP contribution in [0, 0.1) is 29.6 Å². The predicted molar refractivity (Wildman–Crippen MR) is 197 cm³/mol. The largest absolute Gasteiger partial charge is 3.00 e. The molecule has 52 heavy (non-hydrogen) atoms. The number of hydrogen-bond acceptors (Lipinski definition) is 10. The Bertz CT molecular complexity index is 662. The summed E-state index contributed by atoms with van der Waals surface area (Å²) >= 11 is 0. The zero-order valence-corrected chi connectivity index (χ0v) is 35.6. The average Bonchev–Trinajstić information content (AvgIpc) is 3.07. The van der Waals surface area contributed by atoms with Crippen molar-refractivity contribution in [2.75, 3.05) is 0 Å². The second-order valence-corrected chi connectivity index (χ2v) is 12.8. The Labute approximate surface area is 330 Å². The molecule has 0 aliphatic heterocycles. The van der Waals surface area contributed by atoms with Gasteiger partial charge in [0.1, 0.15) is 0 Å². The zero-order valence-electron chi connectivity index (χ0n) is 34.5. The fourth-order valence-electron chi connectivity index (χ4n) is 4.70. The first-order valence-electron chi connectivity index (χ1n) is 19.6. The van der Waals surface area contributed by atoms with Crippen LogP contribution in [-0.2, 0) is 40.8 Å². The van der Waals surface area contributed by atoms with E-state index in [1.54, 1.807) is 0 Å². The summed E-state index contributed by atoms with van der Waals surface area (Å²) in [6.07, 6.45) is 17.6. The Morgan fingerprint density at radius 3 is 0.500 bits per heavy atom. The van der Waals surface area contributed by atoms with Gasteiger partial charge in [-0.3, -0.25) is 0 Å². The number of rotatable bonds is 25. The molecule has 10 nitrogen and oxygen atoms in total. The van der Waals surface area contributed by atoms with Crippen LogP contribution in [0.15, 0.2) is 0 Å². The summed E-state index contributed by atoms with van der Waals surface area (Å²) in [5.74, 6) is -5.57. The van der Waals surface area contributed by atoms with E-state index in [1.165, 1.54) is 0 Å². The van der Waals surface area contributed by atoms with Gasteiger partial charge in [0, 0.05) is 29.8 Å². The molecule has 1 radical (unpaired) electrons. The molecule has 0 saturated carbocycles. The van der Waals surface area contributed by atoms with E-state index in [2.05, 4.69) is 34.6 Å². The molecule has 0 aromatic carbocycles. The van der Waals surface area contributed by atoms with Crippen molar-refractivity contribution in [1.82, 2.24) is 0 Å². The smallest absolute Gasteiger partial charge is 0.550 e. The molecule has 0 bridgehead atoms. The molecule has 0 aromatic heterocycles. The fourth-order valence-corrected chi connectivity index (χ4v) is 4.70. The Hall–Kier alpha value is -2.08. The van der Waals surface area contributed by atoms with Gasteiger partial charge in [-0.15, -0.1) is 0 Å². The van der Waals surface area contributed by atoms with Crippen LogP contribution in [0.2, 0.25) is 0 Å². The maximum atomic E-state index is 10.3. The van der Waals surface area contributed by atoms with Crippen molar-refractivity contribution in [1.29, 1.82) is 0 Å². The molecule has 0 amide bonds. The zero-order chi connectivity index (χ0) is 39.9. The van der Waals surface area contributed by atoms with Crippen molar-refractivity contribution >= 4 is 38.3 Å². The van der Waals surface area contributed by atoms with Crippen LogP contribution in [0.4, 0.5) is 0 Å². The van der Waals surface area contributed by atoms with E-state index in [1.807, 2.05) is 34.6 Å². The quantitative estimate of drug-likeness (QED) is 0.120. The van der Waals surface area contributed by atoms with Crippen molar-refractivity contribution in [2.24, 2.45) is 29.6 Å². The van der Waals surface area contributed by atoms with E-state index in [9.17, 15) is 49.5 Å². The van der Waals surface area contributed by atoms with Crippen LogP contribution in [-0.4, -0.2) is 38.3 Å². The number of carbonyl (C=O) groups is 5. The summed E-state index contributed by atoms with van der Waals surface area (Å²) in [5, 5.41) is 51.6. The minimum atomic E-state index is -0.893. The minimum Gasteiger partial charge on any atom is -0.550 e. The van der Waals surface area contributed by atoms with E-state index in [0.717, 1.165) is 96.3 Å². The van der Waals surface area contributed by atoms with Crippen molar-refractivity contribution in [3.63, 3.8) is 0 Å². The van der Waals surface area contributed by atoms with Crippen molar-refractivity contribution in [3.05, 3.63) is 0 Å². The number of aliphatic carboxylic acids is 5. The molecular formula is C40H75BCoO10. The van der Waals surface area contributed by atoms with Gasteiger partial charge >= 0.3 is 25.2 Å². The molecule has 5 atom stereocenters. The van der Waals surface area contributed by atoms with Gasteiger partial charge in [0.25, 0.3) is 0 Å². The molecule has 307 valence electrons. The summed E-state index contributed by atoms with van der Waals surface area (Å²) in [6.45, 7) is 19.7. The Morgan fingerprint density at radius 2 is 0.442 bits per heavy atom. The molecule has 0 fully saturated rings. The summed E-state index contributed by atoms with van der Waals surface area (Å²) in [6, 6.07) is 0. The first-order valence-corrected chi connectivity index (χ1v) is 19.6. The molecule has 5 unspecified atom stereocenters. The second-order valence-electron chi connectivity index (χ2n) is 12.8. The predicted octanol–water partition coefficient (Wildman–Crippen LogP) is 4.38. The minimum absolute atomic E-state index is 0. The standard InChI is InChI=1S/5C8H16O2.B.Co/c5*1-3-5-6-7(4-2)8(9)10;;/h5*7H,3-6H2,1-2H3,(H,9,10);;/q;;;;;+3;+2/p-5. The van der Waals surface area contributed by atoms with E-state index >= 15 is 0 Å². The van der Waals surface area contributed by atoms with E-state index in [4.69, 9.17) is 0 Å². The first kappa shape index (κ1) is 64.9. The van der Waals surface area contributed by atoms with Gasteiger partial charge < -0.3 is 49.5 Å². The third-order valence-electron chi connectivity index (χ3n) is 8.66. The van der Waals surface area contributed by atoms with Crippen molar-refractivity contribution in [3.8, 4) is 0 Å². The van der Waals surface area contributed by atoms with E-state index < -0.39 is 29.8 Å². The summed E-state index contributed by atoms with van der Waals surface area (Å²) in [4.78, 5) is 51.6. The van der Waals surface area contributed by atoms with Gasteiger partial charge in [-0.1, -0.05) is 133 Å². The average molecular weight is 786 g/mol. The van der Waals surface area contributed by atoms with Crippen molar-refractivity contribution < 1.29 is 66.3 Å². The Kier molecular flexibility index (Phi) is 61.0. The van der Waals surface area contributed by atoms with Gasteiger partial charge in [-0.2, -0.15) is 0 Å². The molecule has 0 N–H and O–H groups in total. The van der Waals surface area contributed by atoms with Gasteiger partial charge in [-0.25, -0.2) is 0 Å². The van der Waals surface area contributed by atoms with Crippen LogP contribution in [0.1, 0.15) is 198 Å². The van der Waals surface area contributed by atoms with Crippen LogP contribution in [0.3, 0.4) is 0 Å². The van der Waals surface area contributed by atoms with Crippen LogP contribution in [0.25, 0.3) is 0 Å². The number of unbranched alkanes of at least 4 members (excludes halogenated alkanes) is 5. The van der Waals surface area contributed by atoms with Crippen LogP contribution < -0.4 is 25.5 Å². The molecule has 0 aromatic rings. The SMILES string of the molecule is CCCCC(CC)C(=O)[O-].CCCCC(CC)C(=O)[O-].CCCCC(CC)C(=O)[O-].CCCCC(CC)C(=O)[O-].CCCCC(CC)C(=O)[O-].[B+3].[Co+2]. The van der Waals surface area contributed by atoms with Gasteiger partial charge in [0.15, 0.2) is 0 Å². The molecule has 12 heteroatoms. The van der Waals surface area contributed by atoms with Crippen molar-refractivity contribution in [2.45, 2.75) is 198 Å². The van der Waals surface area contributed by atoms with Gasteiger partial charge in [-0.05, 0) is 93.8 Å². The van der Waals surface area contributed by atoms with Crippen LogP contribution >= 0.6 is 0 Å². The molecule has 0 rings (SSSR count). The van der Waals surface area contributed by atoms with Crippen LogP contribution in [0.5, 0.6) is 0 Å². The molecule has 0 saturated heterocycles. The number of hydrogen-bond donors (Lipinski definition) is 0. The number of carbonyl (C=O) groups excluding carboxylic acids is 5. The number of carboxylic acid groups (broad SMARTS) is 5. The maximum Gasteiger partial charge on any atom is 3.00 e. The molecule has 0 aliphatic carbocycles. The van der Waals surface area contributed by atoms with E-state index in [-0.39, 0.29) is 54.8 Å². The maximum absolute atomic E-state index is 10.3. The molecule has 0 heterocycles. The topological polar surface area (TPSA) is 201 Å². The third kappa shape index (κ3) is 45.9. The van der Waals surface area contributed by atoms with Gasteiger partial charge in [0.2, 0.25) is 0 Å². The molecule has 0 spiro atoms. The Morgan fingerprint density at radius 1 is 0.327 bits per heavy atom. The van der Waals surface area contributed by atoms with Gasteiger partial charge in [0.05, 0.1) is 0 Å². The molecule has 0 aliphatic rings.